The van der Waals surface area contributed by atoms with E-state index in [1.165, 1.54) is 6.07 Å². The Morgan fingerprint density at radius 2 is 2.14 bits per heavy atom. The molecule has 0 unspecified atom stereocenters. The van der Waals surface area contributed by atoms with E-state index >= 15 is 0 Å². The molecule has 6 heteroatoms. The fourth-order valence-electron chi connectivity index (χ4n) is 1.92. The van der Waals surface area contributed by atoms with Crippen LogP contribution in [0.15, 0.2) is 47.7 Å². The maximum absolute atomic E-state index is 13.5. The zero-order valence-corrected chi connectivity index (χ0v) is 12.1. The molecule has 2 N–H and O–H groups in total. The molecule has 0 fully saturated rings. The third-order valence-electron chi connectivity index (χ3n) is 3.04. The quantitative estimate of drug-likeness (QED) is 0.484. The number of aliphatic imine (C=N–C) groups is 1. The molecule has 2 rings (SSSR count). The zero-order chi connectivity index (χ0) is 14.9. The summed E-state index contributed by atoms with van der Waals surface area (Å²) >= 11 is 0. The second-order valence-corrected chi connectivity index (χ2v) is 4.57. The first-order valence-corrected chi connectivity index (χ1v) is 6.95. The molecule has 0 atom stereocenters. The first kappa shape index (κ1) is 15.0. The molecule has 21 heavy (non-hydrogen) atoms. The summed E-state index contributed by atoms with van der Waals surface area (Å²) in [6.07, 6.45) is 4.63. The van der Waals surface area contributed by atoms with E-state index in [4.69, 9.17) is 0 Å². The second kappa shape index (κ2) is 8.04. The largest absolute Gasteiger partial charge is 0.356 e. The number of aromatic nitrogens is 2. The van der Waals surface area contributed by atoms with E-state index in [0.29, 0.717) is 18.1 Å². The van der Waals surface area contributed by atoms with Gasteiger partial charge in [0.05, 0.1) is 0 Å². The van der Waals surface area contributed by atoms with Crippen LogP contribution in [-0.2, 0) is 13.1 Å². The van der Waals surface area contributed by atoms with Crippen molar-refractivity contribution in [1.29, 1.82) is 0 Å². The highest BCUT2D eigenvalue weighted by molar-refractivity contribution is 5.79. The molecule has 0 saturated heterocycles. The lowest BCUT2D eigenvalue weighted by molar-refractivity contribution is 0.569. The number of nitrogens with one attached hydrogen (secondary N) is 2. The summed E-state index contributed by atoms with van der Waals surface area (Å²) in [6, 6.07) is 8.62. The van der Waals surface area contributed by atoms with E-state index in [9.17, 15) is 4.39 Å². The van der Waals surface area contributed by atoms with E-state index in [2.05, 4.69) is 20.7 Å². The molecule has 1 heterocycles. The molecular formula is C15H20FN5. The van der Waals surface area contributed by atoms with Crippen molar-refractivity contribution in [2.75, 3.05) is 13.6 Å². The third kappa shape index (κ3) is 4.91. The minimum absolute atomic E-state index is 0.209. The molecule has 0 amide bonds. The monoisotopic (exact) mass is 289 g/mol. The topological polar surface area (TPSA) is 54.2 Å². The fraction of sp³-hybridized carbons (Fsp3) is 0.333. The normalized spacial score (nSPS) is 11.4. The summed E-state index contributed by atoms with van der Waals surface area (Å²) < 4.78 is 15.4. The average Bonchev–Trinajstić information content (AvgIpc) is 3.01. The summed E-state index contributed by atoms with van der Waals surface area (Å²) in [4.78, 5) is 4.12. The lowest BCUT2D eigenvalue weighted by Gasteiger charge is -2.12. The van der Waals surface area contributed by atoms with Crippen LogP contribution < -0.4 is 10.6 Å². The van der Waals surface area contributed by atoms with Gasteiger partial charge in [-0.25, -0.2) is 4.39 Å². The van der Waals surface area contributed by atoms with Crippen LogP contribution in [0.4, 0.5) is 4.39 Å². The first-order chi connectivity index (χ1) is 10.3. The minimum atomic E-state index is -0.209. The number of aryl methyl sites for hydroxylation is 1. The number of hydrogen-bond acceptors (Lipinski definition) is 2. The van der Waals surface area contributed by atoms with Crippen molar-refractivity contribution < 1.29 is 4.39 Å². The van der Waals surface area contributed by atoms with Gasteiger partial charge in [-0.1, -0.05) is 18.2 Å². The van der Waals surface area contributed by atoms with E-state index in [1.54, 1.807) is 25.4 Å². The molecule has 0 radical (unpaired) electrons. The van der Waals surface area contributed by atoms with Gasteiger partial charge < -0.3 is 10.6 Å². The van der Waals surface area contributed by atoms with Gasteiger partial charge >= 0.3 is 0 Å². The lowest BCUT2D eigenvalue weighted by atomic mass is 10.2. The van der Waals surface area contributed by atoms with Crippen molar-refractivity contribution in [3.05, 3.63) is 54.1 Å². The van der Waals surface area contributed by atoms with Crippen LogP contribution >= 0.6 is 0 Å². The van der Waals surface area contributed by atoms with Gasteiger partial charge in [-0.05, 0) is 18.6 Å². The van der Waals surface area contributed by atoms with Gasteiger partial charge in [-0.2, -0.15) is 5.10 Å². The minimum Gasteiger partial charge on any atom is -0.356 e. The predicted molar refractivity (Wildman–Crippen MR) is 81.4 cm³/mol. The first-order valence-electron chi connectivity index (χ1n) is 6.95. The molecule has 0 bridgehead atoms. The zero-order valence-electron chi connectivity index (χ0n) is 12.1. The van der Waals surface area contributed by atoms with Crippen molar-refractivity contribution in [1.82, 2.24) is 20.4 Å². The van der Waals surface area contributed by atoms with Crippen LogP contribution in [0.5, 0.6) is 0 Å². The Balaban J connectivity index is 1.70. The van der Waals surface area contributed by atoms with Crippen molar-refractivity contribution in [3.8, 4) is 0 Å². The van der Waals surface area contributed by atoms with Crippen molar-refractivity contribution in [2.45, 2.75) is 19.5 Å². The Morgan fingerprint density at radius 3 is 2.86 bits per heavy atom. The van der Waals surface area contributed by atoms with Gasteiger partial charge in [0.2, 0.25) is 0 Å². The molecule has 0 spiro atoms. The van der Waals surface area contributed by atoms with E-state index in [0.717, 1.165) is 19.5 Å². The van der Waals surface area contributed by atoms with Crippen molar-refractivity contribution >= 4 is 5.96 Å². The average molecular weight is 289 g/mol. The summed E-state index contributed by atoms with van der Waals surface area (Å²) in [6.45, 7) is 2.03. The summed E-state index contributed by atoms with van der Waals surface area (Å²) in [5.41, 5.74) is 0.622. The van der Waals surface area contributed by atoms with Crippen LogP contribution in [-0.4, -0.2) is 29.3 Å². The Kier molecular flexibility index (Phi) is 5.75. The second-order valence-electron chi connectivity index (χ2n) is 4.57. The van der Waals surface area contributed by atoms with E-state index < -0.39 is 0 Å². The van der Waals surface area contributed by atoms with Crippen LogP contribution in [0, 0.1) is 5.82 Å². The number of nitrogens with zero attached hydrogens (tertiary/aromatic N) is 3. The van der Waals surface area contributed by atoms with Gasteiger partial charge in [0, 0.05) is 44.6 Å². The molecule has 1 aromatic heterocycles. The van der Waals surface area contributed by atoms with Crippen LogP contribution in [0.2, 0.25) is 0 Å². The third-order valence-corrected chi connectivity index (χ3v) is 3.04. The smallest absolute Gasteiger partial charge is 0.191 e. The van der Waals surface area contributed by atoms with Gasteiger partial charge in [0.1, 0.15) is 5.82 Å². The van der Waals surface area contributed by atoms with Crippen molar-refractivity contribution in [2.24, 2.45) is 4.99 Å². The van der Waals surface area contributed by atoms with Gasteiger partial charge in [0.15, 0.2) is 5.96 Å². The van der Waals surface area contributed by atoms with E-state index in [-0.39, 0.29) is 5.82 Å². The highest BCUT2D eigenvalue weighted by Crippen LogP contribution is 2.05. The van der Waals surface area contributed by atoms with Gasteiger partial charge in [-0.3, -0.25) is 9.67 Å². The Hall–Kier alpha value is -2.37. The fourth-order valence-corrected chi connectivity index (χ4v) is 1.92. The maximum atomic E-state index is 13.5. The Morgan fingerprint density at radius 1 is 1.29 bits per heavy atom. The van der Waals surface area contributed by atoms with Crippen molar-refractivity contribution in [3.63, 3.8) is 0 Å². The number of rotatable bonds is 6. The molecule has 1 aromatic carbocycles. The molecule has 0 saturated carbocycles. The van der Waals surface area contributed by atoms with Gasteiger partial charge in [-0.15, -0.1) is 0 Å². The summed E-state index contributed by atoms with van der Waals surface area (Å²) in [5, 5.41) is 10.4. The molecule has 0 aliphatic heterocycles. The lowest BCUT2D eigenvalue weighted by Crippen LogP contribution is -2.37. The Bertz CT molecular complexity index is 565. The molecular weight excluding hydrogens is 269 g/mol. The van der Waals surface area contributed by atoms with Crippen LogP contribution in [0.1, 0.15) is 12.0 Å². The predicted octanol–water partition coefficient (Wildman–Crippen LogP) is 1.78. The number of halogens is 1. The molecule has 0 aliphatic carbocycles. The molecule has 5 nitrogen and oxygen atoms in total. The highest BCUT2D eigenvalue weighted by Gasteiger charge is 2.02. The highest BCUT2D eigenvalue weighted by atomic mass is 19.1. The van der Waals surface area contributed by atoms with E-state index in [1.807, 2.05) is 23.0 Å². The van der Waals surface area contributed by atoms with Gasteiger partial charge in [0.25, 0.3) is 0 Å². The van der Waals surface area contributed by atoms with Crippen LogP contribution in [0.3, 0.4) is 0 Å². The standard InChI is InChI=1S/C15H20FN5/c1-17-15(18-8-4-10-21-11-5-9-20-21)19-12-13-6-2-3-7-14(13)16/h2-3,5-7,9,11H,4,8,10,12H2,1H3,(H2,17,18,19). The number of hydrogen-bond donors (Lipinski definition) is 2. The maximum Gasteiger partial charge on any atom is 0.191 e. The SMILES string of the molecule is CN=C(NCCCn1cccn1)NCc1ccccc1F. The summed E-state index contributed by atoms with van der Waals surface area (Å²) in [7, 11) is 1.70. The number of guanidine groups is 1. The molecule has 0 aliphatic rings. The Labute approximate surface area is 123 Å². The van der Waals surface area contributed by atoms with Crippen LogP contribution in [0.25, 0.3) is 0 Å². The molecule has 2 aromatic rings. The number of benzene rings is 1. The molecule has 112 valence electrons. The summed E-state index contributed by atoms with van der Waals surface area (Å²) in [5.74, 6) is 0.456.